The van der Waals surface area contributed by atoms with E-state index in [-0.39, 0.29) is 18.0 Å². The van der Waals surface area contributed by atoms with Gasteiger partial charge >= 0.3 is 5.97 Å². The highest BCUT2D eigenvalue weighted by Crippen LogP contribution is 2.32. The molecule has 1 aromatic carbocycles. The first-order chi connectivity index (χ1) is 9.60. The molecule has 6 nitrogen and oxygen atoms in total. The fourth-order valence-electron chi connectivity index (χ4n) is 1.89. The highest BCUT2D eigenvalue weighted by molar-refractivity contribution is 5.99. The maximum absolute atomic E-state index is 11.8. The molecule has 2 N–H and O–H groups in total. The average Bonchev–Trinajstić information content (AvgIpc) is 2.45. The molecule has 0 amide bonds. The molecule has 2 aromatic rings. The van der Waals surface area contributed by atoms with Crippen LogP contribution in [0.15, 0.2) is 18.2 Å². The zero-order valence-electron chi connectivity index (χ0n) is 11.6. The van der Waals surface area contributed by atoms with Gasteiger partial charge in [0, 0.05) is 11.5 Å². The minimum Gasteiger partial charge on any atom is -0.493 e. The number of carbonyl (C=O) groups is 1. The predicted octanol–water partition coefficient (Wildman–Crippen LogP) is 2.01. The van der Waals surface area contributed by atoms with Gasteiger partial charge in [-0.15, -0.1) is 0 Å². The molecule has 0 aliphatic rings. The van der Waals surface area contributed by atoms with Crippen LogP contribution >= 0.6 is 0 Å². The van der Waals surface area contributed by atoms with Gasteiger partial charge in [0.05, 0.1) is 26.3 Å². The molecule has 1 aromatic heterocycles. The van der Waals surface area contributed by atoms with E-state index in [4.69, 9.17) is 19.9 Å². The number of fused-ring (bicyclic) bond motifs is 1. The summed E-state index contributed by atoms with van der Waals surface area (Å²) in [5.41, 5.74) is 6.66. The van der Waals surface area contributed by atoms with Gasteiger partial charge in [0.25, 0.3) is 0 Å². The summed E-state index contributed by atoms with van der Waals surface area (Å²) in [5, 5.41) is 0.722. The van der Waals surface area contributed by atoms with Crippen molar-refractivity contribution in [2.45, 2.75) is 6.92 Å². The highest BCUT2D eigenvalue weighted by atomic mass is 16.5. The molecule has 0 spiro atoms. The summed E-state index contributed by atoms with van der Waals surface area (Å²) in [5.74, 6) is 0.745. The maximum atomic E-state index is 11.8. The van der Waals surface area contributed by atoms with Crippen molar-refractivity contribution in [1.29, 1.82) is 0 Å². The van der Waals surface area contributed by atoms with Gasteiger partial charge in [-0.25, -0.2) is 9.78 Å². The molecule has 0 radical (unpaired) electrons. The lowest BCUT2D eigenvalue weighted by atomic mass is 10.1. The van der Waals surface area contributed by atoms with Gasteiger partial charge in [-0.3, -0.25) is 0 Å². The Morgan fingerprint density at radius 1 is 1.20 bits per heavy atom. The summed E-state index contributed by atoms with van der Waals surface area (Å²) < 4.78 is 15.4. The number of ether oxygens (including phenoxy) is 3. The number of aromatic nitrogens is 1. The van der Waals surface area contributed by atoms with Crippen molar-refractivity contribution in [3.8, 4) is 11.5 Å². The Hall–Kier alpha value is -2.50. The minimum atomic E-state index is -0.491. The second-order valence-corrected chi connectivity index (χ2v) is 4.04. The van der Waals surface area contributed by atoms with Crippen LogP contribution in [-0.2, 0) is 4.74 Å². The highest BCUT2D eigenvalue weighted by Gasteiger charge is 2.15. The molecule has 20 heavy (non-hydrogen) atoms. The molecular weight excluding hydrogens is 260 g/mol. The van der Waals surface area contributed by atoms with Crippen molar-refractivity contribution in [2.75, 3.05) is 26.6 Å². The van der Waals surface area contributed by atoms with E-state index in [1.54, 1.807) is 39.3 Å². The first kappa shape index (κ1) is 13.9. The van der Waals surface area contributed by atoms with Crippen molar-refractivity contribution >= 4 is 22.7 Å². The molecule has 0 saturated carbocycles. The third-order valence-electron chi connectivity index (χ3n) is 2.84. The van der Waals surface area contributed by atoms with E-state index in [0.29, 0.717) is 17.0 Å². The largest absolute Gasteiger partial charge is 0.493 e. The Morgan fingerprint density at radius 2 is 1.85 bits per heavy atom. The third kappa shape index (κ3) is 2.45. The van der Waals surface area contributed by atoms with Crippen molar-refractivity contribution in [2.24, 2.45) is 0 Å². The summed E-state index contributed by atoms with van der Waals surface area (Å²) in [6.45, 7) is 2.01. The smallest absolute Gasteiger partial charge is 0.341 e. The molecule has 0 aliphatic heterocycles. The molecule has 0 aliphatic carbocycles. The van der Waals surface area contributed by atoms with Gasteiger partial charge in [-0.2, -0.15) is 0 Å². The van der Waals surface area contributed by atoms with Gasteiger partial charge in [0.2, 0.25) is 0 Å². The molecule has 0 atom stereocenters. The Balaban J connectivity index is 2.60. The lowest BCUT2D eigenvalue weighted by Crippen LogP contribution is -2.09. The topological polar surface area (TPSA) is 83.7 Å². The van der Waals surface area contributed by atoms with Crippen LogP contribution in [0.4, 0.5) is 5.82 Å². The van der Waals surface area contributed by atoms with E-state index in [2.05, 4.69) is 4.98 Å². The minimum absolute atomic E-state index is 0.128. The lowest BCUT2D eigenvalue weighted by Gasteiger charge is -2.11. The number of pyridine rings is 1. The molecule has 0 bridgehead atoms. The van der Waals surface area contributed by atoms with Crippen LogP contribution in [0.3, 0.4) is 0 Å². The summed E-state index contributed by atoms with van der Waals surface area (Å²) in [4.78, 5) is 16.0. The van der Waals surface area contributed by atoms with Crippen LogP contribution in [0.1, 0.15) is 17.3 Å². The molecular formula is C14H16N2O4. The zero-order chi connectivity index (χ0) is 14.7. The SMILES string of the molecule is CCOC(=O)c1cc2cc(OC)c(OC)cc2nc1N. The van der Waals surface area contributed by atoms with Gasteiger partial charge in [0.15, 0.2) is 11.5 Å². The number of nitrogens with zero attached hydrogens (tertiary/aromatic N) is 1. The fraction of sp³-hybridized carbons (Fsp3) is 0.286. The van der Waals surface area contributed by atoms with E-state index in [0.717, 1.165) is 5.39 Å². The predicted molar refractivity (Wildman–Crippen MR) is 75.2 cm³/mol. The molecule has 1 heterocycles. The number of hydrogen-bond donors (Lipinski definition) is 1. The summed E-state index contributed by atoms with van der Waals surface area (Å²) in [6, 6.07) is 5.08. The first-order valence-electron chi connectivity index (χ1n) is 6.10. The van der Waals surface area contributed by atoms with Crippen LogP contribution in [0, 0.1) is 0 Å². The molecule has 2 rings (SSSR count). The number of carbonyl (C=O) groups excluding carboxylic acids is 1. The van der Waals surface area contributed by atoms with Crippen molar-refractivity contribution in [1.82, 2.24) is 4.98 Å². The Kier molecular flexibility index (Phi) is 3.93. The Morgan fingerprint density at radius 3 is 2.45 bits per heavy atom. The number of nitrogen functional groups attached to an aromatic ring is 1. The van der Waals surface area contributed by atoms with E-state index < -0.39 is 5.97 Å². The molecule has 0 unspecified atom stereocenters. The summed E-state index contributed by atoms with van der Waals surface area (Å²) in [7, 11) is 3.08. The number of rotatable bonds is 4. The second-order valence-electron chi connectivity index (χ2n) is 4.04. The summed E-state index contributed by atoms with van der Waals surface area (Å²) >= 11 is 0. The van der Waals surface area contributed by atoms with Crippen LogP contribution in [0.2, 0.25) is 0 Å². The maximum Gasteiger partial charge on any atom is 0.341 e. The molecule has 6 heteroatoms. The van der Waals surface area contributed by atoms with E-state index >= 15 is 0 Å². The van der Waals surface area contributed by atoms with Crippen LogP contribution in [-0.4, -0.2) is 31.8 Å². The quantitative estimate of drug-likeness (QED) is 0.860. The van der Waals surface area contributed by atoms with Gasteiger partial charge in [0.1, 0.15) is 11.4 Å². The van der Waals surface area contributed by atoms with Crippen molar-refractivity contribution in [3.05, 3.63) is 23.8 Å². The van der Waals surface area contributed by atoms with Gasteiger partial charge < -0.3 is 19.9 Å². The summed E-state index contributed by atoms with van der Waals surface area (Å²) in [6.07, 6.45) is 0. The number of anilines is 1. The second kappa shape index (κ2) is 5.64. The van der Waals surface area contributed by atoms with Crippen LogP contribution in [0.25, 0.3) is 10.9 Å². The van der Waals surface area contributed by atoms with E-state index in [1.165, 1.54) is 0 Å². The first-order valence-corrected chi connectivity index (χ1v) is 6.10. The van der Waals surface area contributed by atoms with Crippen LogP contribution < -0.4 is 15.2 Å². The van der Waals surface area contributed by atoms with Gasteiger partial charge in [-0.05, 0) is 19.1 Å². The van der Waals surface area contributed by atoms with E-state index in [1.807, 2.05) is 0 Å². The normalized spacial score (nSPS) is 10.3. The Bertz CT molecular complexity index is 655. The molecule has 106 valence electrons. The zero-order valence-corrected chi connectivity index (χ0v) is 11.6. The van der Waals surface area contributed by atoms with Crippen molar-refractivity contribution < 1.29 is 19.0 Å². The van der Waals surface area contributed by atoms with E-state index in [9.17, 15) is 4.79 Å². The molecule has 0 fully saturated rings. The third-order valence-corrected chi connectivity index (χ3v) is 2.84. The monoisotopic (exact) mass is 276 g/mol. The average molecular weight is 276 g/mol. The standard InChI is InChI=1S/C14H16N2O4/c1-4-20-14(17)9-5-8-6-11(18-2)12(19-3)7-10(8)16-13(9)15/h5-7H,4H2,1-3H3,(H2,15,16). The number of methoxy groups -OCH3 is 2. The fourth-order valence-corrected chi connectivity index (χ4v) is 1.89. The number of benzene rings is 1. The van der Waals surface area contributed by atoms with Gasteiger partial charge in [-0.1, -0.05) is 0 Å². The number of esters is 1. The molecule has 0 saturated heterocycles. The van der Waals surface area contributed by atoms with Crippen molar-refractivity contribution in [3.63, 3.8) is 0 Å². The Labute approximate surface area is 116 Å². The number of nitrogens with two attached hydrogens (primary N) is 1. The van der Waals surface area contributed by atoms with Crippen LogP contribution in [0.5, 0.6) is 11.5 Å². The number of hydrogen-bond acceptors (Lipinski definition) is 6. The lowest BCUT2D eigenvalue weighted by molar-refractivity contribution is 0.0527.